The molecule has 1 aliphatic rings. The maximum atomic E-state index is 13.5. The minimum absolute atomic E-state index is 0.294. The second-order valence-electron chi connectivity index (χ2n) is 6.99. The van der Waals surface area contributed by atoms with Gasteiger partial charge in [0.05, 0.1) is 10.9 Å². The molecule has 0 spiro atoms. The molecule has 1 aliphatic heterocycles. The molecule has 2 aromatic heterocycles. The number of aromatic nitrogens is 3. The summed E-state index contributed by atoms with van der Waals surface area (Å²) in [5, 5.41) is 8.49. The lowest BCUT2D eigenvalue weighted by Gasteiger charge is -2.25. The Balaban J connectivity index is 1.82. The molecule has 0 radical (unpaired) electrons. The molecule has 4 rings (SSSR count). The minimum Gasteiger partial charge on any atom is -0.285 e. The second-order valence-corrected chi connectivity index (χ2v) is 8.82. The van der Waals surface area contributed by atoms with E-state index in [9.17, 15) is 8.42 Å². The lowest BCUT2D eigenvalue weighted by Crippen LogP contribution is -2.32. The summed E-state index contributed by atoms with van der Waals surface area (Å²) in [6.45, 7) is 6.22. The van der Waals surface area contributed by atoms with Gasteiger partial charge in [0, 0.05) is 12.7 Å². The molecule has 7 heteroatoms. The molecule has 0 saturated carbocycles. The predicted octanol–water partition coefficient (Wildman–Crippen LogP) is 3.18. The van der Waals surface area contributed by atoms with E-state index in [0.29, 0.717) is 17.3 Å². The van der Waals surface area contributed by atoms with Gasteiger partial charge in [0.25, 0.3) is 0 Å². The fourth-order valence-electron chi connectivity index (χ4n) is 4.06. The number of pyridine rings is 1. The molecule has 3 heterocycles. The van der Waals surface area contributed by atoms with E-state index >= 15 is 0 Å². The number of benzene rings is 1. The zero-order valence-corrected chi connectivity index (χ0v) is 16.0. The Hall–Kier alpha value is -2.25. The van der Waals surface area contributed by atoms with Crippen LogP contribution in [0, 0.1) is 20.8 Å². The van der Waals surface area contributed by atoms with Gasteiger partial charge in [-0.05, 0) is 56.9 Å². The highest BCUT2D eigenvalue weighted by molar-refractivity contribution is 7.89. The van der Waals surface area contributed by atoms with Crippen LogP contribution in [0.4, 0.5) is 0 Å². The van der Waals surface area contributed by atoms with Crippen LogP contribution in [-0.2, 0) is 10.0 Å². The van der Waals surface area contributed by atoms with Gasteiger partial charge in [-0.15, -0.1) is 10.2 Å². The van der Waals surface area contributed by atoms with E-state index in [1.54, 1.807) is 4.31 Å². The van der Waals surface area contributed by atoms with Gasteiger partial charge >= 0.3 is 0 Å². The first-order valence-electron chi connectivity index (χ1n) is 8.79. The molecule has 0 unspecified atom stereocenters. The molecule has 6 nitrogen and oxygen atoms in total. The monoisotopic (exact) mass is 370 g/mol. The highest BCUT2D eigenvalue weighted by atomic mass is 32.2. The van der Waals surface area contributed by atoms with Gasteiger partial charge in [-0.1, -0.05) is 23.8 Å². The van der Waals surface area contributed by atoms with Crippen molar-refractivity contribution in [3.63, 3.8) is 0 Å². The summed E-state index contributed by atoms with van der Waals surface area (Å²) in [4.78, 5) is 0.420. The molecule has 3 aromatic rings. The zero-order valence-electron chi connectivity index (χ0n) is 15.2. The normalized spacial score (nSPS) is 18.7. The highest BCUT2D eigenvalue weighted by Crippen LogP contribution is 2.37. The number of nitrogens with zero attached hydrogens (tertiary/aromatic N) is 4. The Labute approximate surface area is 153 Å². The molecule has 1 atom stereocenters. The number of fused-ring (bicyclic) bond motifs is 1. The molecule has 0 N–H and O–H groups in total. The van der Waals surface area contributed by atoms with Gasteiger partial charge in [-0.2, -0.15) is 4.31 Å². The van der Waals surface area contributed by atoms with Crippen LogP contribution in [0.3, 0.4) is 0 Å². The molecule has 0 aliphatic carbocycles. The van der Waals surface area contributed by atoms with Crippen molar-refractivity contribution in [1.82, 2.24) is 18.9 Å². The Kier molecular flexibility index (Phi) is 4.08. The first-order valence-corrected chi connectivity index (χ1v) is 10.2. The van der Waals surface area contributed by atoms with Crippen molar-refractivity contribution < 1.29 is 8.42 Å². The van der Waals surface area contributed by atoms with Crippen molar-refractivity contribution in [2.75, 3.05) is 6.54 Å². The van der Waals surface area contributed by atoms with Gasteiger partial charge in [-0.25, -0.2) is 8.42 Å². The highest BCUT2D eigenvalue weighted by Gasteiger charge is 2.39. The molecule has 1 aromatic carbocycles. The predicted molar refractivity (Wildman–Crippen MR) is 99.5 cm³/mol. The van der Waals surface area contributed by atoms with Crippen LogP contribution >= 0.6 is 0 Å². The van der Waals surface area contributed by atoms with Crippen LogP contribution in [0.5, 0.6) is 0 Å². The maximum absolute atomic E-state index is 13.5. The number of hydrogen-bond acceptors (Lipinski definition) is 4. The van der Waals surface area contributed by atoms with Crippen LogP contribution < -0.4 is 0 Å². The standard InChI is InChI=1S/C19H22N4O2S/c1-13-11-14(2)18(15(3)12-13)26(24,25)23-10-6-7-16(23)19-21-20-17-8-4-5-9-22(17)19/h4-5,8-9,11-12,16H,6-7,10H2,1-3H3/t16-/m0/s1. The lowest BCUT2D eigenvalue weighted by atomic mass is 10.1. The number of hydrogen-bond donors (Lipinski definition) is 0. The van der Waals surface area contributed by atoms with E-state index in [-0.39, 0.29) is 6.04 Å². The van der Waals surface area contributed by atoms with E-state index in [1.165, 1.54) is 0 Å². The average molecular weight is 370 g/mol. The Bertz CT molecular complexity index is 1060. The largest absolute Gasteiger partial charge is 0.285 e. The van der Waals surface area contributed by atoms with Gasteiger partial charge in [0.15, 0.2) is 11.5 Å². The maximum Gasteiger partial charge on any atom is 0.244 e. The van der Waals surface area contributed by atoms with Gasteiger partial charge in [0.2, 0.25) is 10.0 Å². The summed E-state index contributed by atoms with van der Waals surface area (Å²) in [7, 11) is -3.61. The Morgan fingerprint density at radius 1 is 1.08 bits per heavy atom. The summed E-state index contributed by atoms with van der Waals surface area (Å²) < 4.78 is 30.5. The van der Waals surface area contributed by atoms with E-state index < -0.39 is 10.0 Å². The molecule has 1 fully saturated rings. The summed E-state index contributed by atoms with van der Waals surface area (Å²) in [6.07, 6.45) is 3.45. The van der Waals surface area contributed by atoms with Gasteiger partial charge in [0.1, 0.15) is 0 Å². The topological polar surface area (TPSA) is 67.6 Å². The molecule has 1 saturated heterocycles. The van der Waals surface area contributed by atoms with Crippen molar-refractivity contribution in [2.45, 2.75) is 44.6 Å². The van der Waals surface area contributed by atoms with Crippen LogP contribution in [-0.4, -0.2) is 33.9 Å². The Morgan fingerprint density at radius 2 is 1.81 bits per heavy atom. The summed E-state index contributed by atoms with van der Waals surface area (Å²) in [5.41, 5.74) is 3.38. The van der Waals surface area contributed by atoms with E-state index in [1.807, 2.05) is 61.7 Å². The van der Waals surface area contributed by atoms with Crippen molar-refractivity contribution >= 4 is 15.7 Å². The molecular weight excluding hydrogens is 348 g/mol. The van der Waals surface area contributed by atoms with E-state index in [4.69, 9.17) is 0 Å². The summed E-state index contributed by atoms with van der Waals surface area (Å²) >= 11 is 0. The SMILES string of the molecule is Cc1cc(C)c(S(=O)(=O)N2CCC[C@H]2c2nnc3ccccn23)c(C)c1. The third-order valence-corrected chi connectivity index (χ3v) is 7.23. The number of sulfonamides is 1. The lowest BCUT2D eigenvalue weighted by molar-refractivity contribution is 0.381. The first-order chi connectivity index (χ1) is 12.4. The summed E-state index contributed by atoms with van der Waals surface area (Å²) in [6, 6.07) is 9.24. The van der Waals surface area contributed by atoms with Gasteiger partial charge in [-0.3, -0.25) is 4.40 Å². The van der Waals surface area contributed by atoms with Crippen LogP contribution in [0.15, 0.2) is 41.4 Å². The minimum atomic E-state index is -3.61. The third-order valence-electron chi connectivity index (χ3n) is 5.01. The van der Waals surface area contributed by atoms with Crippen LogP contribution in [0.2, 0.25) is 0 Å². The molecule has 0 bridgehead atoms. The number of rotatable bonds is 3. The molecular formula is C19H22N4O2S. The second kappa shape index (κ2) is 6.17. The first kappa shape index (κ1) is 17.2. The summed E-state index contributed by atoms with van der Waals surface area (Å²) in [5.74, 6) is 0.684. The molecule has 26 heavy (non-hydrogen) atoms. The van der Waals surface area contributed by atoms with Crippen molar-refractivity contribution in [3.05, 3.63) is 59.0 Å². The van der Waals surface area contributed by atoms with E-state index in [0.717, 1.165) is 35.2 Å². The zero-order chi connectivity index (χ0) is 18.5. The fourth-order valence-corrected chi connectivity index (χ4v) is 6.13. The van der Waals surface area contributed by atoms with Crippen molar-refractivity contribution in [3.8, 4) is 0 Å². The van der Waals surface area contributed by atoms with Crippen LogP contribution in [0.25, 0.3) is 5.65 Å². The number of aryl methyl sites for hydroxylation is 3. The van der Waals surface area contributed by atoms with Crippen molar-refractivity contribution in [1.29, 1.82) is 0 Å². The van der Waals surface area contributed by atoms with Gasteiger partial charge < -0.3 is 0 Å². The molecule has 0 amide bonds. The average Bonchev–Trinajstić information content (AvgIpc) is 3.20. The van der Waals surface area contributed by atoms with E-state index in [2.05, 4.69) is 10.2 Å². The van der Waals surface area contributed by atoms with Crippen molar-refractivity contribution in [2.24, 2.45) is 0 Å². The van der Waals surface area contributed by atoms with Crippen LogP contribution in [0.1, 0.15) is 41.4 Å². The fraction of sp³-hybridized carbons (Fsp3) is 0.368. The smallest absolute Gasteiger partial charge is 0.244 e. The molecule has 136 valence electrons. The Morgan fingerprint density at radius 3 is 2.54 bits per heavy atom. The third kappa shape index (κ3) is 2.62. The quantitative estimate of drug-likeness (QED) is 0.710.